The number of carbonyl (C=O) groups excluding carboxylic acids is 2. The minimum atomic E-state index is -4.74. The second-order valence-corrected chi connectivity index (χ2v) is 18.1. The van der Waals surface area contributed by atoms with E-state index in [9.17, 15) is 31.2 Å². The van der Waals surface area contributed by atoms with E-state index in [1.54, 1.807) is 24.0 Å². The highest BCUT2D eigenvalue weighted by molar-refractivity contribution is 7.90. The summed E-state index contributed by atoms with van der Waals surface area (Å²) in [4.78, 5) is 32.5. The highest BCUT2D eigenvalue weighted by Gasteiger charge is 2.64. The molecular weight excluding hydrogens is 752 g/mol. The van der Waals surface area contributed by atoms with Crippen LogP contribution >= 0.6 is 11.6 Å². The van der Waals surface area contributed by atoms with Crippen molar-refractivity contribution in [3.8, 4) is 5.75 Å². The number of benzene rings is 2. The van der Waals surface area contributed by atoms with Gasteiger partial charge in [-0.05, 0) is 99.4 Å². The predicted molar refractivity (Wildman–Crippen MR) is 195 cm³/mol. The third kappa shape index (κ3) is 6.87. The van der Waals surface area contributed by atoms with Crippen LogP contribution in [0.25, 0.3) is 0 Å². The molecule has 0 radical (unpaired) electrons. The summed E-state index contributed by atoms with van der Waals surface area (Å²) in [7, 11) is -3.31. The van der Waals surface area contributed by atoms with Gasteiger partial charge < -0.3 is 19.3 Å². The minimum absolute atomic E-state index is 0.107. The smallest absolute Gasteiger partial charge is 0.420 e. The number of amides is 2. The summed E-state index contributed by atoms with van der Waals surface area (Å²) in [5.41, 5.74) is -0.230. The lowest BCUT2D eigenvalue weighted by Crippen LogP contribution is -2.73. The fourth-order valence-electron chi connectivity index (χ4n) is 8.83. The molecule has 4 aliphatic heterocycles. The molecule has 1 N–H and O–H groups in total. The van der Waals surface area contributed by atoms with E-state index in [1.165, 1.54) is 13.0 Å². The van der Waals surface area contributed by atoms with E-state index in [4.69, 9.17) is 21.1 Å². The number of ether oxygens (including phenoxy) is 2. The van der Waals surface area contributed by atoms with Gasteiger partial charge in [-0.2, -0.15) is 13.2 Å². The molecule has 10 nitrogen and oxygen atoms in total. The molecule has 1 spiro atoms. The first-order chi connectivity index (χ1) is 25.5. The van der Waals surface area contributed by atoms with Gasteiger partial charge in [-0.1, -0.05) is 30.7 Å². The van der Waals surface area contributed by atoms with E-state index in [-0.39, 0.29) is 18.5 Å². The number of carbonyl (C=O) groups is 2. The fraction of sp³-hybridized carbons (Fsp3) is 0.579. The first-order valence-electron chi connectivity index (χ1n) is 18.4. The molecule has 0 unspecified atom stereocenters. The zero-order valence-corrected chi connectivity index (χ0v) is 32.0. The van der Waals surface area contributed by atoms with Gasteiger partial charge in [0.05, 0.1) is 30.6 Å². The minimum Gasteiger partial charge on any atom is -0.490 e. The number of halogens is 5. The van der Waals surface area contributed by atoms with Gasteiger partial charge >= 0.3 is 6.18 Å². The van der Waals surface area contributed by atoms with Crippen LogP contribution in [0.2, 0.25) is 5.02 Å². The van der Waals surface area contributed by atoms with Gasteiger partial charge in [-0.3, -0.25) is 14.5 Å². The van der Waals surface area contributed by atoms with E-state index in [1.807, 2.05) is 18.2 Å². The monoisotopic (exact) mass is 796 g/mol. The molecule has 2 aromatic rings. The molecule has 0 saturated carbocycles. The van der Waals surface area contributed by atoms with E-state index >= 15 is 4.39 Å². The number of hydrogen-bond donors (Lipinski definition) is 1. The van der Waals surface area contributed by atoms with Crippen LogP contribution < -0.4 is 14.4 Å². The highest BCUT2D eigenvalue weighted by atomic mass is 35.5. The molecule has 2 amide bonds. The van der Waals surface area contributed by atoms with Crippen LogP contribution in [0.1, 0.15) is 67.4 Å². The molecule has 0 aromatic heterocycles. The molecule has 2 bridgehead atoms. The van der Waals surface area contributed by atoms with Gasteiger partial charge in [0.1, 0.15) is 17.6 Å². The number of fused-ring (bicyclic) bond motifs is 4. The third-order valence-electron chi connectivity index (χ3n) is 12.3. The molecule has 7 rings (SSSR count). The van der Waals surface area contributed by atoms with Crippen LogP contribution in [0.3, 0.4) is 0 Å². The lowest BCUT2D eigenvalue weighted by molar-refractivity contribution is -0.307. The quantitative estimate of drug-likeness (QED) is 0.382. The highest BCUT2D eigenvalue weighted by Crippen LogP contribution is 2.46. The number of methoxy groups -OCH3 is 1. The topological polar surface area (TPSA) is 108 Å². The lowest BCUT2D eigenvalue weighted by Gasteiger charge is -2.50. The number of likely N-dealkylation sites (tertiary alicyclic amines) is 1. The van der Waals surface area contributed by atoms with Crippen molar-refractivity contribution in [3.63, 3.8) is 0 Å². The Kier molecular flexibility index (Phi) is 10.3. The molecule has 4 heterocycles. The van der Waals surface area contributed by atoms with Gasteiger partial charge in [0, 0.05) is 42.2 Å². The Morgan fingerprint density at radius 2 is 1.85 bits per heavy atom. The van der Waals surface area contributed by atoms with Gasteiger partial charge in [0.25, 0.3) is 5.91 Å². The summed E-state index contributed by atoms with van der Waals surface area (Å²) in [5.74, 6) is -2.71. The van der Waals surface area contributed by atoms with Gasteiger partial charge in [0.15, 0.2) is 5.60 Å². The Morgan fingerprint density at radius 1 is 1.09 bits per heavy atom. The number of nitrogens with zero attached hydrogens (tertiary/aromatic N) is 3. The summed E-state index contributed by atoms with van der Waals surface area (Å²) in [6.07, 6.45) is -0.0445. The van der Waals surface area contributed by atoms with E-state index < -0.39 is 81.2 Å². The zero-order chi connectivity index (χ0) is 38.8. The molecule has 294 valence electrons. The summed E-state index contributed by atoms with van der Waals surface area (Å²) in [6, 6.07) is 8.65. The summed E-state index contributed by atoms with van der Waals surface area (Å²) in [5, 5.41) is -0.521. The van der Waals surface area contributed by atoms with Crippen LogP contribution in [-0.4, -0.2) is 106 Å². The maximum absolute atomic E-state index is 16.7. The molecule has 2 aromatic carbocycles. The molecule has 16 heteroatoms. The molecule has 54 heavy (non-hydrogen) atoms. The van der Waals surface area contributed by atoms with Crippen molar-refractivity contribution < 1.29 is 45.0 Å². The van der Waals surface area contributed by atoms with E-state index in [2.05, 4.69) is 9.62 Å². The molecule has 2 saturated heterocycles. The van der Waals surface area contributed by atoms with Crippen molar-refractivity contribution in [2.24, 2.45) is 5.92 Å². The third-order valence-corrected chi connectivity index (χ3v) is 14.5. The van der Waals surface area contributed by atoms with E-state index in [0.717, 1.165) is 48.5 Å². The number of nitrogens with one attached hydrogen (secondary N) is 1. The first-order valence-corrected chi connectivity index (χ1v) is 20.3. The van der Waals surface area contributed by atoms with Crippen LogP contribution in [0.5, 0.6) is 5.75 Å². The Bertz CT molecular complexity index is 1960. The van der Waals surface area contributed by atoms with Crippen LogP contribution in [0, 0.1) is 5.92 Å². The van der Waals surface area contributed by atoms with Crippen molar-refractivity contribution in [1.82, 2.24) is 14.5 Å². The van der Waals surface area contributed by atoms with Gasteiger partial charge in [-0.15, -0.1) is 0 Å². The van der Waals surface area contributed by atoms with Crippen molar-refractivity contribution in [1.29, 1.82) is 0 Å². The molecule has 5 atom stereocenters. The number of alkyl halides is 3. The number of rotatable bonds is 2. The second kappa shape index (κ2) is 14.3. The van der Waals surface area contributed by atoms with Crippen molar-refractivity contribution in [3.05, 3.63) is 70.0 Å². The normalized spacial score (nSPS) is 30.9. The molecular formula is C38H45ClF4N4O6S. The molecule has 1 aliphatic carbocycles. The molecule has 5 aliphatic rings. The number of aryl methyl sites for hydroxylation is 1. The number of sulfonamides is 1. The Balaban J connectivity index is 1.32. The second-order valence-electron chi connectivity index (χ2n) is 15.6. The van der Waals surface area contributed by atoms with Crippen LogP contribution in [-0.2, 0) is 31.4 Å². The summed E-state index contributed by atoms with van der Waals surface area (Å²) < 4.78 is 99.1. The van der Waals surface area contributed by atoms with Crippen molar-refractivity contribution >= 4 is 39.1 Å². The number of allylic oxidation sites excluding steroid dienone is 1. The largest absolute Gasteiger partial charge is 0.490 e. The predicted octanol–water partition coefficient (Wildman–Crippen LogP) is 5.78. The Labute approximate surface area is 317 Å². The average Bonchev–Trinajstić information content (AvgIpc) is 3.48. The lowest BCUT2D eigenvalue weighted by atomic mass is 9.70. The number of hydrogen-bond acceptors (Lipinski definition) is 8. The van der Waals surface area contributed by atoms with Crippen LogP contribution in [0.15, 0.2) is 48.3 Å². The SMILES string of the molecule is COC1(C(F)(F)F)CN(C(=O)[C@H]2/C(F)=C/C[C@H](C)[C@@H](C)S(=O)(=O)NC(=O)c3ccc4c(c3)N(C[C@@H]3CCCN32)C[C@@]2(CCCc3cc(Cl)ccc32)CO4)C1. The summed E-state index contributed by atoms with van der Waals surface area (Å²) in [6.45, 7) is 2.75. The maximum atomic E-state index is 16.7. The Morgan fingerprint density at radius 3 is 2.57 bits per heavy atom. The van der Waals surface area contributed by atoms with Gasteiger partial charge in [-0.25, -0.2) is 17.5 Å². The first kappa shape index (κ1) is 38.9. The van der Waals surface area contributed by atoms with E-state index in [0.29, 0.717) is 49.0 Å². The Hall–Kier alpha value is -3.40. The number of anilines is 1. The van der Waals surface area contributed by atoms with Crippen molar-refractivity contribution in [2.45, 2.75) is 86.9 Å². The standard InChI is InChI=1S/C38H45ClF4N4O6S/c1-23-8-12-30(40)33(35(49)46-20-37(21-46,52-3)38(41,42)43)47-15-5-7-28(47)18-45-19-36(14-4-6-25-16-27(39)10-11-29(25)36)22-53-32-13-9-26(17-31(32)45)34(48)44-54(50,51)24(23)2/h9-13,16-17,23-24,28,33H,4-8,14-15,18-22H2,1-3H3,(H,44,48)/b30-12-/t23-,24+,28-,33+,36-/m0/s1. The fourth-order valence-corrected chi connectivity index (χ4v) is 10.3. The summed E-state index contributed by atoms with van der Waals surface area (Å²) >= 11 is 6.41. The average molecular weight is 797 g/mol. The zero-order valence-electron chi connectivity index (χ0n) is 30.4. The van der Waals surface area contributed by atoms with Gasteiger partial charge in [0.2, 0.25) is 15.9 Å². The van der Waals surface area contributed by atoms with Crippen LogP contribution in [0.4, 0.5) is 23.2 Å². The molecule has 2 fully saturated rings. The maximum Gasteiger partial charge on any atom is 0.420 e. The van der Waals surface area contributed by atoms with Crippen molar-refractivity contribution in [2.75, 3.05) is 51.3 Å².